The molecule has 0 radical (unpaired) electrons. The molecule has 0 saturated carbocycles. The van der Waals surface area contributed by atoms with Crippen LogP contribution in [0.3, 0.4) is 0 Å². The van der Waals surface area contributed by atoms with E-state index in [9.17, 15) is 13.2 Å². The maximum atomic E-state index is 12.9. The zero-order chi connectivity index (χ0) is 18.9. The van der Waals surface area contributed by atoms with Gasteiger partial charge in [-0.15, -0.1) is 11.3 Å². The predicted molar refractivity (Wildman–Crippen MR) is 109 cm³/mol. The maximum Gasteiger partial charge on any atom is 0.271 e. The molecule has 1 aliphatic rings. The number of nitrogens with zero attached hydrogens (tertiary/aromatic N) is 1. The molecule has 4 rings (SSSR count). The van der Waals surface area contributed by atoms with Crippen LogP contribution in [0.5, 0.6) is 0 Å². The van der Waals surface area contributed by atoms with Crippen molar-refractivity contribution in [2.45, 2.75) is 23.1 Å². The normalized spacial score (nSPS) is 17.2. The van der Waals surface area contributed by atoms with Gasteiger partial charge in [0.1, 0.15) is 4.21 Å². The average molecular weight is 419 g/mol. The van der Waals surface area contributed by atoms with Crippen LogP contribution >= 0.6 is 22.7 Å². The van der Waals surface area contributed by atoms with Gasteiger partial charge in [-0.2, -0.15) is 11.3 Å². The lowest BCUT2D eigenvalue weighted by Crippen LogP contribution is -2.30. The van der Waals surface area contributed by atoms with Crippen LogP contribution in [-0.2, 0) is 10.0 Å². The van der Waals surface area contributed by atoms with Crippen molar-refractivity contribution in [3.05, 3.63) is 69.7 Å². The third-order valence-corrected chi connectivity index (χ3v) is 8.07. The van der Waals surface area contributed by atoms with Gasteiger partial charge >= 0.3 is 0 Å². The summed E-state index contributed by atoms with van der Waals surface area (Å²) in [4.78, 5) is 14.8. The number of amides is 1. The summed E-state index contributed by atoms with van der Waals surface area (Å²) in [7, 11) is -3.58. The summed E-state index contributed by atoms with van der Waals surface area (Å²) >= 11 is 2.80. The molecule has 3 aromatic rings. The van der Waals surface area contributed by atoms with Crippen LogP contribution < -0.4 is 4.72 Å². The molecule has 1 fully saturated rings. The highest BCUT2D eigenvalue weighted by molar-refractivity contribution is 7.94. The fourth-order valence-electron chi connectivity index (χ4n) is 3.29. The summed E-state index contributed by atoms with van der Waals surface area (Å²) in [5.41, 5.74) is 2.19. The fourth-order valence-corrected chi connectivity index (χ4v) is 6.05. The van der Waals surface area contributed by atoms with Gasteiger partial charge < -0.3 is 4.90 Å². The van der Waals surface area contributed by atoms with Gasteiger partial charge in [0.05, 0.1) is 6.04 Å². The Balaban J connectivity index is 1.50. The predicted octanol–water partition coefficient (Wildman–Crippen LogP) is 4.59. The molecule has 1 aliphatic heterocycles. The number of anilines is 1. The monoisotopic (exact) mass is 418 g/mol. The van der Waals surface area contributed by atoms with Crippen LogP contribution in [0.4, 0.5) is 5.69 Å². The van der Waals surface area contributed by atoms with Gasteiger partial charge in [-0.3, -0.25) is 9.52 Å². The SMILES string of the molecule is O=C(c1ccc(NS(=O)(=O)c2cccs2)cc1)N1CCC[C@H]1c1ccsc1. The van der Waals surface area contributed by atoms with Gasteiger partial charge in [-0.05, 0) is 70.9 Å². The Kier molecular flexibility index (Phi) is 5.03. The lowest BCUT2D eigenvalue weighted by atomic mass is 10.1. The second-order valence-electron chi connectivity index (χ2n) is 6.33. The Bertz CT molecular complexity index is 1010. The van der Waals surface area contributed by atoms with Crippen molar-refractivity contribution in [1.82, 2.24) is 4.90 Å². The zero-order valence-corrected chi connectivity index (χ0v) is 16.8. The minimum absolute atomic E-state index is 0.0173. The van der Waals surface area contributed by atoms with E-state index in [-0.39, 0.29) is 16.2 Å². The van der Waals surface area contributed by atoms with Crippen molar-refractivity contribution < 1.29 is 13.2 Å². The molecule has 1 N–H and O–H groups in total. The molecular formula is C19H18N2O3S3. The molecule has 5 nitrogen and oxygen atoms in total. The topological polar surface area (TPSA) is 66.5 Å². The van der Waals surface area contributed by atoms with E-state index in [1.54, 1.807) is 53.1 Å². The Morgan fingerprint density at radius 3 is 2.59 bits per heavy atom. The van der Waals surface area contributed by atoms with E-state index in [4.69, 9.17) is 0 Å². The molecule has 140 valence electrons. The van der Waals surface area contributed by atoms with Gasteiger partial charge in [0.15, 0.2) is 0 Å². The first-order chi connectivity index (χ1) is 13.0. The quantitative estimate of drug-likeness (QED) is 0.659. The molecule has 27 heavy (non-hydrogen) atoms. The number of rotatable bonds is 5. The summed E-state index contributed by atoms with van der Waals surface area (Å²) in [5.74, 6) is -0.0173. The van der Waals surface area contributed by atoms with E-state index in [1.807, 2.05) is 10.3 Å². The molecule has 1 aromatic carbocycles. The third-order valence-electron chi connectivity index (χ3n) is 4.59. The van der Waals surface area contributed by atoms with Crippen molar-refractivity contribution in [3.8, 4) is 0 Å². The van der Waals surface area contributed by atoms with Crippen LogP contribution in [0.15, 0.2) is 62.8 Å². The number of sulfonamides is 1. The number of hydrogen-bond acceptors (Lipinski definition) is 5. The standard InChI is InChI=1S/C19H18N2O3S3/c22-19(21-10-1-3-17(21)15-9-12-25-13-15)14-5-7-16(8-6-14)20-27(23,24)18-4-2-11-26-18/h2,4-9,11-13,17,20H,1,3,10H2/t17-/m0/s1. The molecule has 0 unspecified atom stereocenters. The van der Waals surface area contributed by atoms with Crippen molar-refractivity contribution >= 4 is 44.3 Å². The largest absolute Gasteiger partial charge is 0.332 e. The van der Waals surface area contributed by atoms with E-state index in [0.29, 0.717) is 11.3 Å². The van der Waals surface area contributed by atoms with E-state index >= 15 is 0 Å². The average Bonchev–Trinajstić information content (AvgIpc) is 3.43. The van der Waals surface area contributed by atoms with Crippen molar-refractivity contribution in [3.63, 3.8) is 0 Å². The molecule has 1 amide bonds. The minimum Gasteiger partial charge on any atom is -0.332 e. The highest BCUT2D eigenvalue weighted by Crippen LogP contribution is 2.34. The Labute approximate surface area is 166 Å². The Morgan fingerprint density at radius 1 is 1.11 bits per heavy atom. The van der Waals surface area contributed by atoms with Crippen molar-refractivity contribution in [2.75, 3.05) is 11.3 Å². The maximum absolute atomic E-state index is 12.9. The second-order valence-corrected chi connectivity index (χ2v) is 9.97. The van der Waals surface area contributed by atoms with Crippen molar-refractivity contribution in [1.29, 1.82) is 0 Å². The van der Waals surface area contributed by atoms with Gasteiger partial charge in [0, 0.05) is 17.8 Å². The fraction of sp³-hybridized carbons (Fsp3) is 0.211. The van der Waals surface area contributed by atoms with Crippen LogP contribution in [-0.4, -0.2) is 25.8 Å². The summed E-state index contributed by atoms with van der Waals surface area (Å²) < 4.78 is 27.4. The van der Waals surface area contributed by atoms with Crippen LogP contribution in [0.2, 0.25) is 0 Å². The highest BCUT2D eigenvalue weighted by Gasteiger charge is 2.30. The lowest BCUT2D eigenvalue weighted by molar-refractivity contribution is 0.0736. The Hall–Kier alpha value is -2.16. The van der Waals surface area contributed by atoms with Gasteiger partial charge in [0.2, 0.25) is 0 Å². The van der Waals surface area contributed by atoms with E-state index < -0.39 is 10.0 Å². The molecule has 3 heterocycles. The van der Waals surface area contributed by atoms with E-state index in [2.05, 4.69) is 16.2 Å². The zero-order valence-electron chi connectivity index (χ0n) is 14.4. The number of likely N-dealkylation sites (tertiary alicyclic amines) is 1. The van der Waals surface area contributed by atoms with Crippen LogP contribution in [0, 0.1) is 0 Å². The Morgan fingerprint density at radius 2 is 1.93 bits per heavy atom. The van der Waals surface area contributed by atoms with Gasteiger partial charge in [0.25, 0.3) is 15.9 Å². The minimum atomic E-state index is -3.58. The van der Waals surface area contributed by atoms with Crippen molar-refractivity contribution in [2.24, 2.45) is 0 Å². The van der Waals surface area contributed by atoms with Gasteiger partial charge in [-0.1, -0.05) is 6.07 Å². The summed E-state index contributed by atoms with van der Waals surface area (Å²) in [6.07, 6.45) is 1.96. The van der Waals surface area contributed by atoms with Crippen LogP contribution in [0.25, 0.3) is 0 Å². The van der Waals surface area contributed by atoms with E-state index in [0.717, 1.165) is 30.7 Å². The molecule has 8 heteroatoms. The number of nitrogens with one attached hydrogen (secondary N) is 1. The molecule has 0 spiro atoms. The molecular weight excluding hydrogens is 400 g/mol. The van der Waals surface area contributed by atoms with Gasteiger partial charge in [-0.25, -0.2) is 8.42 Å². The smallest absolute Gasteiger partial charge is 0.271 e. The molecule has 1 atom stereocenters. The third kappa shape index (κ3) is 3.78. The second kappa shape index (κ2) is 7.46. The summed E-state index contributed by atoms with van der Waals surface area (Å²) in [5, 5.41) is 5.85. The van der Waals surface area contributed by atoms with Crippen LogP contribution in [0.1, 0.15) is 34.8 Å². The molecule has 0 aliphatic carbocycles. The summed E-state index contributed by atoms with van der Waals surface area (Å²) in [6.45, 7) is 0.742. The molecule has 2 aromatic heterocycles. The number of carbonyl (C=O) groups excluding carboxylic acids is 1. The number of benzene rings is 1. The van der Waals surface area contributed by atoms with E-state index in [1.165, 1.54) is 5.56 Å². The lowest BCUT2D eigenvalue weighted by Gasteiger charge is -2.24. The molecule has 0 bridgehead atoms. The first kappa shape index (κ1) is 18.2. The first-order valence-corrected chi connectivity index (χ1v) is 11.8. The number of carbonyl (C=O) groups is 1. The summed E-state index contributed by atoms with van der Waals surface area (Å²) in [6, 6.07) is 12.1. The number of hydrogen-bond donors (Lipinski definition) is 1. The highest BCUT2D eigenvalue weighted by atomic mass is 32.2. The first-order valence-electron chi connectivity index (χ1n) is 8.54. The number of thiophene rings is 2. The molecule has 1 saturated heterocycles.